The van der Waals surface area contributed by atoms with Crippen molar-refractivity contribution in [2.45, 2.75) is 13.5 Å². The molecule has 7 heteroatoms. The number of aryl methyl sites for hydroxylation is 1. The molecule has 0 fully saturated rings. The number of pyridine rings is 2. The van der Waals surface area contributed by atoms with Gasteiger partial charge in [0.05, 0.1) is 36.3 Å². The van der Waals surface area contributed by atoms with E-state index in [-0.39, 0.29) is 5.88 Å². The molecule has 0 atom stereocenters. The molecule has 0 spiro atoms. The number of methoxy groups -OCH3 is 2. The summed E-state index contributed by atoms with van der Waals surface area (Å²) in [5.41, 5.74) is 9.91. The number of fused-ring (bicyclic) bond motifs is 2. The molecule has 4 rings (SSSR count). The maximum atomic E-state index is 10.5. The average Bonchev–Trinajstić information content (AvgIpc) is 3.03. The molecule has 0 unspecified atom stereocenters. The molecule has 3 N–H and O–H groups in total. The topological polar surface area (TPSA) is 95.4 Å². The third-order valence-electron chi connectivity index (χ3n) is 4.73. The Balaban J connectivity index is 2.06. The zero-order chi connectivity index (χ0) is 19.1. The van der Waals surface area contributed by atoms with Gasteiger partial charge in [-0.05, 0) is 13.0 Å². The highest BCUT2D eigenvalue weighted by Gasteiger charge is 2.19. The third kappa shape index (κ3) is 2.51. The van der Waals surface area contributed by atoms with Crippen LogP contribution < -0.4 is 15.2 Å². The Kier molecular flexibility index (Phi) is 3.99. The summed E-state index contributed by atoms with van der Waals surface area (Å²) in [6.45, 7) is 2.58. The molecule has 7 nitrogen and oxygen atoms in total. The lowest BCUT2D eigenvalue weighted by Crippen LogP contribution is -1.97. The van der Waals surface area contributed by atoms with Crippen molar-refractivity contribution in [3.63, 3.8) is 0 Å². The Morgan fingerprint density at radius 2 is 1.89 bits per heavy atom. The lowest BCUT2D eigenvalue weighted by atomic mass is 10.0. The maximum absolute atomic E-state index is 10.5. The number of para-hydroxylation sites is 1. The van der Waals surface area contributed by atoms with Crippen LogP contribution in [0.25, 0.3) is 32.9 Å². The summed E-state index contributed by atoms with van der Waals surface area (Å²) in [7, 11) is 3.12. The van der Waals surface area contributed by atoms with E-state index in [0.29, 0.717) is 34.9 Å². The van der Waals surface area contributed by atoms with Gasteiger partial charge in [-0.1, -0.05) is 18.2 Å². The Labute approximate surface area is 156 Å². The number of nitrogen functional groups attached to an aromatic ring is 1. The van der Waals surface area contributed by atoms with Crippen LogP contribution in [-0.4, -0.2) is 33.9 Å². The second kappa shape index (κ2) is 6.35. The third-order valence-corrected chi connectivity index (χ3v) is 4.73. The average molecular weight is 364 g/mol. The molecule has 0 aliphatic carbocycles. The molecule has 1 aromatic carbocycles. The zero-order valence-corrected chi connectivity index (χ0v) is 15.4. The molecule has 0 radical (unpaired) electrons. The molecule has 0 saturated heterocycles. The normalized spacial score (nSPS) is 11.2. The summed E-state index contributed by atoms with van der Waals surface area (Å²) in [6, 6.07) is 9.41. The van der Waals surface area contributed by atoms with Crippen molar-refractivity contribution in [1.29, 1.82) is 0 Å². The van der Waals surface area contributed by atoms with E-state index in [1.165, 1.54) is 0 Å². The Morgan fingerprint density at radius 3 is 2.59 bits per heavy atom. The smallest absolute Gasteiger partial charge is 0.224 e. The first-order valence-electron chi connectivity index (χ1n) is 8.58. The quantitative estimate of drug-likeness (QED) is 0.575. The number of benzene rings is 1. The fourth-order valence-electron chi connectivity index (χ4n) is 3.37. The first kappa shape index (κ1) is 17.0. The van der Waals surface area contributed by atoms with Gasteiger partial charge in [-0.15, -0.1) is 0 Å². The number of anilines is 1. The van der Waals surface area contributed by atoms with Gasteiger partial charge < -0.3 is 24.9 Å². The maximum Gasteiger partial charge on any atom is 0.224 e. The monoisotopic (exact) mass is 364 g/mol. The van der Waals surface area contributed by atoms with Gasteiger partial charge in [-0.25, -0.2) is 4.98 Å². The predicted molar refractivity (Wildman–Crippen MR) is 105 cm³/mol. The van der Waals surface area contributed by atoms with Crippen LogP contribution in [0.15, 0.2) is 36.5 Å². The standard InChI is InChI=1S/C20H20N4O3/c1-4-24-10-14-16(20(24)25)17(21)13-7-5-6-11(18(13)22-14)12-8-9-15(26-2)23-19(12)27-3/h5-10,25H,4,21H2,1-3H3. The summed E-state index contributed by atoms with van der Waals surface area (Å²) in [4.78, 5) is 9.15. The first-order valence-corrected chi connectivity index (χ1v) is 8.58. The Hall–Kier alpha value is -3.48. The molecule has 4 aromatic rings. The van der Waals surface area contributed by atoms with Gasteiger partial charge in [0.25, 0.3) is 0 Å². The first-order chi connectivity index (χ1) is 13.1. The van der Waals surface area contributed by atoms with Crippen LogP contribution in [-0.2, 0) is 6.54 Å². The van der Waals surface area contributed by atoms with Gasteiger partial charge in [0.1, 0.15) is 0 Å². The zero-order valence-electron chi connectivity index (χ0n) is 15.4. The van der Waals surface area contributed by atoms with E-state index in [9.17, 15) is 5.11 Å². The predicted octanol–water partition coefficient (Wildman–Crippen LogP) is 3.58. The number of nitrogens with zero attached hydrogens (tertiary/aromatic N) is 3. The van der Waals surface area contributed by atoms with E-state index < -0.39 is 0 Å². The summed E-state index contributed by atoms with van der Waals surface area (Å²) in [5.74, 6) is 1.04. The summed E-state index contributed by atoms with van der Waals surface area (Å²) >= 11 is 0. The highest BCUT2D eigenvalue weighted by Crippen LogP contribution is 2.40. The van der Waals surface area contributed by atoms with Gasteiger partial charge in [-0.3, -0.25) is 0 Å². The second-order valence-corrected chi connectivity index (χ2v) is 6.14. The highest BCUT2D eigenvalue weighted by atomic mass is 16.5. The minimum atomic E-state index is 0.133. The summed E-state index contributed by atoms with van der Waals surface area (Å²) in [6.07, 6.45) is 1.81. The van der Waals surface area contributed by atoms with Crippen LogP contribution in [0.4, 0.5) is 5.69 Å². The second-order valence-electron chi connectivity index (χ2n) is 6.14. The van der Waals surface area contributed by atoms with Gasteiger partial charge in [0.2, 0.25) is 17.6 Å². The van der Waals surface area contributed by atoms with Crippen molar-refractivity contribution in [1.82, 2.24) is 14.5 Å². The van der Waals surface area contributed by atoms with Crippen molar-refractivity contribution >= 4 is 27.5 Å². The minimum absolute atomic E-state index is 0.133. The van der Waals surface area contributed by atoms with E-state index >= 15 is 0 Å². The molecule has 0 aliphatic heterocycles. The van der Waals surface area contributed by atoms with Crippen molar-refractivity contribution in [3.8, 4) is 28.8 Å². The number of ether oxygens (including phenoxy) is 2. The SMILES string of the molecule is CCn1cc2nc3c(-c4ccc(OC)nc4OC)cccc3c(N)c2c1O. The number of hydrogen-bond acceptors (Lipinski definition) is 6. The molecule has 0 aliphatic rings. The molecule has 0 amide bonds. The minimum Gasteiger partial charge on any atom is -0.494 e. The molecular formula is C20H20N4O3. The molecule has 0 bridgehead atoms. The summed E-state index contributed by atoms with van der Waals surface area (Å²) in [5, 5.41) is 11.8. The lowest BCUT2D eigenvalue weighted by molar-refractivity contribution is 0.366. The van der Waals surface area contributed by atoms with Crippen molar-refractivity contribution < 1.29 is 14.6 Å². The number of rotatable bonds is 4. The number of aromatic hydroxyl groups is 1. The lowest BCUT2D eigenvalue weighted by Gasteiger charge is -2.12. The molecular weight excluding hydrogens is 344 g/mol. The highest BCUT2D eigenvalue weighted by molar-refractivity contribution is 6.12. The fraction of sp³-hybridized carbons (Fsp3) is 0.200. The number of nitrogens with two attached hydrogens (primary N) is 1. The Morgan fingerprint density at radius 1 is 1.07 bits per heavy atom. The van der Waals surface area contributed by atoms with Crippen LogP contribution in [0.3, 0.4) is 0 Å². The largest absolute Gasteiger partial charge is 0.494 e. The van der Waals surface area contributed by atoms with Crippen LogP contribution in [0.2, 0.25) is 0 Å². The van der Waals surface area contributed by atoms with Crippen molar-refractivity contribution in [3.05, 3.63) is 36.5 Å². The number of aromatic nitrogens is 3. The van der Waals surface area contributed by atoms with E-state index in [1.807, 2.05) is 31.2 Å². The van der Waals surface area contributed by atoms with Crippen molar-refractivity contribution in [2.75, 3.05) is 20.0 Å². The van der Waals surface area contributed by atoms with E-state index in [4.69, 9.17) is 20.2 Å². The summed E-state index contributed by atoms with van der Waals surface area (Å²) < 4.78 is 12.4. The van der Waals surface area contributed by atoms with Crippen LogP contribution in [0, 0.1) is 0 Å². The van der Waals surface area contributed by atoms with Crippen LogP contribution in [0.5, 0.6) is 17.6 Å². The van der Waals surface area contributed by atoms with Gasteiger partial charge in [0.15, 0.2) is 0 Å². The molecule has 138 valence electrons. The van der Waals surface area contributed by atoms with E-state index in [1.54, 1.807) is 31.0 Å². The van der Waals surface area contributed by atoms with Crippen LogP contribution in [0.1, 0.15) is 6.92 Å². The van der Waals surface area contributed by atoms with Gasteiger partial charge in [0, 0.05) is 35.3 Å². The van der Waals surface area contributed by atoms with Gasteiger partial charge in [-0.2, -0.15) is 4.98 Å². The van der Waals surface area contributed by atoms with Crippen molar-refractivity contribution in [2.24, 2.45) is 0 Å². The molecule has 0 saturated carbocycles. The van der Waals surface area contributed by atoms with E-state index in [0.717, 1.165) is 22.0 Å². The number of hydrogen-bond donors (Lipinski definition) is 2. The van der Waals surface area contributed by atoms with E-state index in [2.05, 4.69) is 4.98 Å². The van der Waals surface area contributed by atoms with Crippen LogP contribution >= 0.6 is 0 Å². The molecule has 3 aromatic heterocycles. The molecule has 27 heavy (non-hydrogen) atoms. The Bertz CT molecular complexity index is 1170. The molecule has 3 heterocycles. The fourth-order valence-corrected chi connectivity index (χ4v) is 3.37. The van der Waals surface area contributed by atoms with Gasteiger partial charge >= 0.3 is 0 Å².